The van der Waals surface area contributed by atoms with E-state index in [0.29, 0.717) is 10.7 Å². The molecule has 1 aromatic rings. The molecule has 0 aliphatic heterocycles. The zero-order valence-electron chi connectivity index (χ0n) is 7.18. The van der Waals surface area contributed by atoms with Gasteiger partial charge in [-0.25, -0.2) is 0 Å². The van der Waals surface area contributed by atoms with Gasteiger partial charge in [-0.1, -0.05) is 41.4 Å². The van der Waals surface area contributed by atoms with Gasteiger partial charge >= 0.3 is 0 Å². The third-order valence-corrected chi connectivity index (χ3v) is 4.21. The number of alkyl halides is 1. The minimum atomic E-state index is 0.421. The van der Waals surface area contributed by atoms with Gasteiger partial charge in [0.05, 0.1) is 9.85 Å². The average Bonchev–Trinajstić information content (AvgIpc) is 2.33. The maximum absolute atomic E-state index is 6.00. The van der Waals surface area contributed by atoms with Gasteiger partial charge in [0.2, 0.25) is 0 Å². The van der Waals surface area contributed by atoms with E-state index in [2.05, 4.69) is 29.8 Å². The van der Waals surface area contributed by atoms with Crippen molar-refractivity contribution in [1.29, 1.82) is 0 Å². The van der Waals surface area contributed by atoms with Crippen LogP contribution in [0.3, 0.4) is 0 Å². The summed E-state index contributed by atoms with van der Waals surface area (Å²) < 4.78 is 0. The predicted octanol–water partition coefficient (Wildman–Crippen LogP) is 4.88. The zero-order chi connectivity index (χ0) is 9.14. The van der Waals surface area contributed by atoms with Gasteiger partial charge in [-0.15, -0.1) is 11.3 Å². The molecule has 0 N–H and O–H groups in total. The van der Waals surface area contributed by atoms with Crippen molar-refractivity contribution in [3.63, 3.8) is 0 Å². The van der Waals surface area contributed by atoms with Gasteiger partial charge in [0, 0.05) is 4.88 Å². The molecule has 1 rings (SSSR count). The van der Waals surface area contributed by atoms with Crippen molar-refractivity contribution in [2.24, 2.45) is 5.92 Å². The van der Waals surface area contributed by atoms with E-state index in [0.717, 1.165) is 11.4 Å². The summed E-state index contributed by atoms with van der Waals surface area (Å²) in [5.41, 5.74) is 0. The van der Waals surface area contributed by atoms with Gasteiger partial charge in [0.15, 0.2) is 0 Å². The van der Waals surface area contributed by atoms with E-state index in [9.17, 15) is 0 Å². The van der Waals surface area contributed by atoms with Gasteiger partial charge in [0.1, 0.15) is 0 Å². The Labute approximate surface area is 91.1 Å². The number of halogens is 2. The van der Waals surface area contributed by atoms with E-state index in [1.54, 1.807) is 11.3 Å². The molecule has 0 saturated carbocycles. The first-order valence-electron chi connectivity index (χ1n) is 3.98. The summed E-state index contributed by atoms with van der Waals surface area (Å²) in [6, 6.07) is 1.95. The summed E-state index contributed by atoms with van der Waals surface area (Å²) in [6.45, 7) is 4.44. The minimum Gasteiger partial charge on any atom is -0.146 e. The van der Waals surface area contributed by atoms with Gasteiger partial charge < -0.3 is 0 Å². The lowest BCUT2D eigenvalue weighted by atomic mass is 10.1. The van der Waals surface area contributed by atoms with Crippen LogP contribution < -0.4 is 0 Å². The van der Waals surface area contributed by atoms with Crippen molar-refractivity contribution in [3.05, 3.63) is 21.3 Å². The van der Waals surface area contributed by atoms with E-state index in [1.807, 2.05) is 11.4 Å². The number of hydrogen-bond acceptors (Lipinski definition) is 1. The molecule has 68 valence electrons. The molecular weight excluding hydrogens is 256 g/mol. The van der Waals surface area contributed by atoms with E-state index < -0.39 is 0 Å². The Bertz CT molecular complexity index is 244. The Morgan fingerprint density at radius 3 is 2.67 bits per heavy atom. The highest BCUT2D eigenvalue weighted by atomic mass is 79.9. The van der Waals surface area contributed by atoms with E-state index >= 15 is 0 Å². The van der Waals surface area contributed by atoms with Crippen LogP contribution in [0.1, 0.15) is 30.0 Å². The molecule has 0 radical (unpaired) electrons. The second-order valence-electron chi connectivity index (χ2n) is 3.23. The molecule has 0 aliphatic carbocycles. The number of rotatable bonds is 3. The molecule has 0 aliphatic rings. The van der Waals surface area contributed by atoms with Gasteiger partial charge in [-0.05, 0) is 23.8 Å². The van der Waals surface area contributed by atoms with Crippen molar-refractivity contribution < 1.29 is 0 Å². The highest BCUT2D eigenvalue weighted by Gasteiger charge is 2.13. The monoisotopic (exact) mass is 266 g/mol. The second-order valence-corrected chi connectivity index (χ2v) is 5.69. The fourth-order valence-electron chi connectivity index (χ4n) is 1.05. The quantitative estimate of drug-likeness (QED) is 0.685. The lowest BCUT2D eigenvalue weighted by molar-refractivity contribution is 0.587. The van der Waals surface area contributed by atoms with Crippen LogP contribution in [-0.2, 0) is 0 Å². The fourth-order valence-corrected chi connectivity index (χ4v) is 3.68. The van der Waals surface area contributed by atoms with Crippen molar-refractivity contribution >= 4 is 38.9 Å². The van der Waals surface area contributed by atoms with Crippen molar-refractivity contribution in [2.45, 2.75) is 25.1 Å². The molecule has 0 bridgehead atoms. The van der Waals surface area contributed by atoms with Crippen LogP contribution in [-0.4, -0.2) is 0 Å². The van der Waals surface area contributed by atoms with E-state index in [-0.39, 0.29) is 0 Å². The van der Waals surface area contributed by atoms with Crippen molar-refractivity contribution in [1.82, 2.24) is 0 Å². The van der Waals surface area contributed by atoms with Crippen LogP contribution in [0.2, 0.25) is 5.02 Å². The number of thiophene rings is 1. The van der Waals surface area contributed by atoms with Crippen LogP contribution >= 0.6 is 38.9 Å². The molecule has 0 spiro atoms. The first kappa shape index (κ1) is 10.6. The Hall–Kier alpha value is 0.470. The first-order chi connectivity index (χ1) is 5.61. The van der Waals surface area contributed by atoms with Gasteiger partial charge in [-0.2, -0.15) is 0 Å². The maximum Gasteiger partial charge on any atom is 0.0556 e. The molecule has 0 fully saturated rings. The lowest BCUT2D eigenvalue weighted by Gasteiger charge is -2.10. The summed E-state index contributed by atoms with van der Waals surface area (Å²) in [6.07, 6.45) is 1.14. The van der Waals surface area contributed by atoms with Gasteiger partial charge in [-0.3, -0.25) is 0 Å². The molecule has 1 aromatic heterocycles. The standard InChI is InChI=1S/C9H12BrClS/c1-6(2)5-7(10)9-8(11)3-4-12-9/h3-4,6-7H,5H2,1-2H3. The lowest BCUT2D eigenvalue weighted by Crippen LogP contribution is -1.93. The largest absolute Gasteiger partial charge is 0.146 e. The highest BCUT2D eigenvalue weighted by Crippen LogP contribution is 2.37. The third-order valence-electron chi connectivity index (χ3n) is 1.61. The second kappa shape index (κ2) is 4.64. The highest BCUT2D eigenvalue weighted by molar-refractivity contribution is 9.09. The Morgan fingerprint density at radius 2 is 2.25 bits per heavy atom. The average molecular weight is 268 g/mol. The smallest absolute Gasteiger partial charge is 0.0556 e. The van der Waals surface area contributed by atoms with E-state index in [1.165, 1.54) is 4.88 Å². The number of hydrogen-bond donors (Lipinski definition) is 0. The van der Waals surface area contributed by atoms with Crippen LogP contribution in [0.5, 0.6) is 0 Å². The SMILES string of the molecule is CC(C)CC(Br)c1sccc1Cl. The van der Waals surface area contributed by atoms with E-state index in [4.69, 9.17) is 11.6 Å². The molecule has 0 nitrogen and oxygen atoms in total. The summed E-state index contributed by atoms with van der Waals surface area (Å²) in [5, 5.41) is 2.93. The Morgan fingerprint density at radius 1 is 1.58 bits per heavy atom. The van der Waals surface area contributed by atoms with Crippen LogP contribution in [0, 0.1) is 5.92 Å². The predicted molar refractivity (Wildman–Crippen MR) is 60.5 cm³/mol. The molecule has 0 amide bonds. The van der Waals surface area contributed by atoms with Crippen LogP contribution in [0.4, 0.5) is 0 Å². The summed E-state index contributed by atoms with van der Waals surface area (Å²) in [7, 11) is 0. The zero-order valence-corrected chi connectivity index (χ0v) is 10.3. The molecule has 12 heavy (non-hydrogen) atoms. The fraction of sp³-hybridized carbons (Fsp3) is 0.556. The van der Waals surface area contributed by atoms with Gasteiger partial charge in [0.25, 0.3) is 0 Å². The topological polar surface area (TPSA) is 0 Å². The molecule has 1 atom stereocenters. The minimum absolute atomic E-state index is 0.421. The maximum atomic E-state index is 6.00. The first-order valence-corrected chi connectivity index (χ1v) is 6.15. The Kier molecular flexibility index (Phi) is 4.08. The van der Waals surface area contributed by atoms with Crippen LogP contribution in [0.15, 0.2) is 11.4 Å². The molecule has 1 unspecified atom stereocenters. The summed E-state index contributed by atoms with van der Waals surface area (Å²) in [4.78, 5) is 1.68. The third kappa shape index (κ3) is 2.75. The molecular formula is C9H12BrClS. The molecule has 0 aromatic carbocycles. The van der Waals surface area contributed by atoms with Crippen molar-refractivity contribution in [3.8, 4) is 0 Å². The summed E-state index contributed by atoms with van der Waals surface area (Å²) >= 11 is 11.4. The normalized spacial score (nSPS) is 13.8. The molecule has 0 saturated heterocycles. The van der Waals surface area contributed by atoms with Crippen molar-refractivity contribution in [2.75, 3.05) is 0 Å². The Balaban J connectivity index is 2.65. The molecule has 1 heterocycles. The summed E-state index contributed by atoms with van der Waals surface area (Å²) in [5.74, 6) is 0.701. The molecule has 3 heteroatoms. The van der Waals surface area contributed by atoms with Crippen LogP contribution in [0.25, 0.3) is 0 Å².